The third-order valence-electron chi connectivity index (χ3n) is 1.82. The summed E-state index contributed by atoms with van der Waals surface area (Å²) in [6.07, 6.45) is 0. The minimum Gasteiger partial charge on any atom is -0.454 e. The highest BCUT2D eigenvalue weighted by molar-refractivity contribution is 5.49. The first-order valence-electron chi connectivity index (χ1n) is 4.29. The summed E-state index contributed by atoms with van der Waals surface area (Å²) in [7, 11) is 0. The summed E-state index contributed by atoms with van der Waals surface area (Å²) in [5.74, 6) is 7.02. The van der Waals surface area contributed by atoms with Gasteiger partial charge in [0, 0.05) is 10.5 Å². The molecule has 0 aromatic heterocycles. The maximum atomic E-state index is 8.04. The normalized spacial score (nSPS) is 11.2. The van der Waals surface area contributed by atoms with Gasteiger partial charge in [0.1, 0.15) is 0 Å². The predicted molar refractivity (Wildman–Crippen MR) is 53.5 cm³/mol. The first kappa shape index (κ1) is 9.25. The summed E-state index contributed by atoms with van der Waals surface area (Å²) in [5.41, 5.74) is 8.86. The summed E-state index contributed by atoms with van der Waals surface area (Å²) in [6.45, 7) is 0.426. The molecule has 2 rings (SSSR count). The van der Waals surface area contributed by atoms with E-state index >= 15 is 0 Å². The van der Waals surface area contributed by atoms with E-state index in [9.17, 15) is 0 Å². The summed E-state index contributed by atoms with van der Waals surface area (Å²) in [5, 5.41) is 3.31. The molecule has 1 heterocycles. The minimum atomic E-state index is 0.172. The standard InChI is InChI=1S/C10H7N3O2/c11-13-12-5-1-2-8-3-4-9-10(6-8)15-7-14-9/h3-4,6H,5,7H2. The van der Waals surface area contributed by atoms with Gasteiger partial charge in [0.2, 0.25) is 6.79 Å². The van der Waals surface area contributed by atoms with Crippen LogP contribution in [0.25, 0.3) is 10.4 Å². The van der Waals surface area contributed by atoms with Crippen molar-refractivity contribution in [2.45, 2.75) is 0 Å². The Kier molecular flexibility index (Phi) is 2.63. The van der Waals surface area contributed by atoms with E-state index in [-0.39, 0.29) is 13.3 Å². The van der Waals surface area contributed by atoms with Crippen molar-refractivity contribution in [1.29, 1.82) is 0 Å². The molecule has 0 saturated heterocycles. The molecule has 1 aliphatic rings. The maximum absolute atomic E-state index is 8.04. The number of nitrogens with zero attached hydrogens (tertiary/aromatic N) is 3. The molecule has 0 aliphatic carbocycles. The van der Waals surface area contributed by atoms with Gasteiger partial charge in [-0.2, -0.15) is 0 Å². The van der Waals surface area contributed by atoms with Crippen LogP contribution >= 0.6 is 0 Å². The average Bonchev–Trinajstić information content (AvgIpc) is 2.71. The quantitative estimate of drug-likeness (QED) is 0.302. The van der Waals surface area contributed by atoms with E-state index < -0.39 is 0 Å². The van der Waals surface area contributed by atoms with Crippen LogP contribution in [-0.2, 0) is 0 Å². The molecule has 1 aliphatic heterocycles. The van der Waals surface area contributed by atoms with Crippen molar-refractivity contribution >= 4 is 0 Å². The molecule has 0 saturated carbocycles. The third-order valence-corrected chi connectivity index (χ3v) is 1.82. The number of fused-ring (bicyclic) bond motifs is 1. The molecule has 15 heavy (non-hydrogen) atoms. The Morgan fingerprint density at radius 2 is 2.27 bits per heavy atom. The second-order valence-corrected chi connectivity index (χ2v) is 2.76. The molecule has 5 heteroatoms. The second kappa shape index (κ2) is 4.27. The molecule has 0 fully saturated rings. The molecular formula is C10H7N3O2. The zero-order chi connectivity index (χ0) is 10.5. The van der Waals surface area contributed by atoms with Crippen molar-refractivity contribution in [3.8, 4) is 23.3 Å². The lowest BCUT2D eigenvalue weighted by molar-refractivity contribution is 0.174. The van der Waals surface area contributed by atoms with Gasteiger partial charge in [0.05, 0.1) is 6.54 Å². The molecule has 0 N–H and O–H groups in total. The fourth-order valence-electron chi connectivity index (χ4n) is 1.18. The van der Waals surface area contributed by atoms with Crippen LogP contribution in [0, 0.1) is 11.8 Å². The zero-order valence-electron chi connectivity index (χ0n) is 7.80. The van der Waals surface area contributed by atoms with E-state index in [0.717, 1.165) is 11.3 Å². The monoisotopic (exact) mass is 201 g/mol. The first-order chi connectivity index (χ1) is 7.40. The Morgan fingerprint density at radius 3 is 3.13 bits per heavy atom. The summed E-state index contributed by atoms with van der Waals surface area (Å²) < 4.78 is 10.4. The van der Waals surface area contributed by atoms with Gasteiger partial charge in [-0.1, -0.05) is 17.0 Å². The number of hydrogen-bond acceptors (Lipinski definition) is 3. The molecule has 1 aromatic carbocycles. The van der Waals surface area contributed by atoms with Crippen molar-refractivity contribution < 1.29 is 9.47 Å². The van der Waals surface area contributed by atoms with Gasteiger partial charge < -0.3 is 9.47 Å². The highest BCUT2D eigenvalue weighted by Gasteiger charge is 2.12. The van der Waals surface area contributed by atoms with Crippen LogP contribution in [0.15, 0.2) is 23.3 Å². The molecule has 5 nitrogen and oxygen atoms in total. The van der Waals surface area contributed by atoms with Crippen LogP contribution in [0.4, 0.5) is 0 Å². The Balaban J connectivity index is 2.15. The molecule has 0 atom stereocenters. The SMILES string of the molecule is [N-]=[N+]=NCC#Cc1ccc2c(c1)OCO2. The predicted octanol–water partition coefficient (Wildman–Crippen LogP) is 2.08. The third kappa shape index (κ3) is 2.13. The van der Waals surface area contributed by atoms with E-state index in [4.69, 9.17) is 15.0 Å². The highest BCUT2D eigenvalue weighted by Crippen LogP contribution is 2.32. The molecular weight excluding hydrogens is 194 g/mol. The lowest BCUT2D eigenvalue weighted by atomic mass is 10.2. The zero-order valence-corrected chi connectivity index (χ0v) is 7.80. The Labute approximate surface area is 86.2 Å². The Bertz CT molecular complexity index is 481. The molecule has 0 amide bonds. The molecule has 0 bridgehead atoms. The molecule has 0 unspecified atom stereocenters. The van der Waals surface area contributed by atoms with Crippen LogP contribution in [0.2, 0.25) is 0 Å². The van der Waals surface area contributed by atoms with Crippen LogP contribution in [-0.4, -0.2) is 13.3 Å². The first-order valence-corrected chi connectivity index (χ1v) is 4.29. The van der Waals surface area contributed by atoms with Gasteiger partial charge in [0.15, 0.2) is 11.5 Å². The molecule has 1 aromatic rings. The fraction of sp³-hybridized carbons (Fsp3) is 0.200. The van der Waals surface area contributed by atoms with E-state index in [1.165, 1.54) is 0 Å². The second-order valence-electron chi connectivity index (χ2n) is 2.76. The fourth-order valence-corrected chi connectivity index (χ4v) is 1.18. The number of ether oxygens (including phenoxy) is 2. The molecule has 0 radical (unpaired) electrons. The average molecular weight is 201 g/mol. The summed E-state index contributed by atoms with van der Waals surface area (Å²) >= 11 is 0. The lowest BCUT2D eigenvalue weighted by Crippen LogP contribution is -1.92. The number of benzene rings is 1. The smallest absolute Gasteiger partial charge is 0.231 e. The largest absolute Gasteiger partial charge is 0.454 e. The van der Waals surface area contributed by atoms with Gasteiger partial charge in [0.25, 0.3) is 0 Å². The lowest BCUT2D eigenvalue weighted by Gasteiger charge is -1.94. The van der Waals surface area contributed by atoms with Gasteiger partial charge in [-0.3, -0.25) is 0 Å². The van der Waals surface area contributed by atoms with Crippen molar-refractivity contribution in [3.05, 3.63) is 34.2 Å². The number of hydrogen-bond donors (Lipinski definition) is 0. The van der Waals surface area contributed by atoms with Crippen molar-refractivity contribution in [1.82, 2.24) is 0 Å². The van der Waals surface area contributed by atoms with Crippen molar-refractivity contribution in [3.63, 3.8) is 0 Å². The highest BCUT2D eigenvalue weighted by atomic mass is 16.7. The van der Waals surface area contributed by atoms with Gasteiger partial charge >= 0.3 is 0 Å². The van der Waals surface area contributed by atoms with Crippen molar-refractivity contribution in [2.24, 2.45) is 5.11 Å². The van der Waals surface area contributed by atoms with E-state index in [2.05, 4.69) is 21.9 Å². The number of rotatable bonds is 1. The van der Waals surface area contributed by atoms with E-state index in [1.54, 1.807) is 12.1 Å². The van der Waals surface area contributed by atoms with Gasteiger partial charge in [-0.05, 0) is 23.7 Å². The maximum Gasteiger partial charge on any atom is 0.231 e. The van der Waals surface area contributed by atoms with Crippen molar-refractivity contribution in [2.75, 3.05) is 13.3 Å². The van der Waals surface area contributed by atoms with Gasteiger partial charge in [-0.25, -0.2) is 0 Å². The molecule has 0 spiro atoms. The number of azide groups is 1. The van der Waals surface area contributed by atoms with Crippen LogP contribution in [0.5, 0.6) is 11.5 Å². The minimum absolute atomic E-state index is 0.172. The summed E-state index contributed by atoms with van der Waals surface area (Å²) in [4.78, 5) is 2.60. The van der Waals surface area contributed by atoms with Crippen LogP contribution in [0.3, 0.4) is 0 Å². The Hall–Kier alpha value is -2.31. The van der Waals surface area contributed by atoms with E-state index in [1.807, 2.05) is 6.07 Å². The molecule has 74 valence electrons. The topological polar surface area (TPSA) is 67.2 Å². The van der Waals surface area contributed by atoms with Crippen LogP contribution in [0.1, 0.15) is 5.56 Å². The van der Waals surface area contributed by atoms with E-state index in [0.29, 0.717) is 5.75 Å². The Morgan fingerprint density at radius 1 is 1.40 bits per heavy atom. The summed E-state index contributed by atoms with van der Waals surface area (Å²) in [6, 6.07) is 5.43. The van der Waals surface area contributed by atoms with Crippen LogP contribution < -0.4 is 9.47 Å². The van der Waals surface area contributed by atoms with Gasteiger partial charge in [-0.15, -0.1) is 0 Å².